The largest absolute Gasteiger partial charge is 0.448 e. The van der Waals surface area contributed by atoms with Crippen LogP contribution in [-0.2, 0) is 25.5 Å². The van der Waals surface area contributed by atoms with Crippen LogP contribution in [0.3, 0.4) is 0 Å². The summed E-state index contributed by atoms with van der Waals surface area (Å²) in [6.45, 7) is -0.0504. The number of rotatable bonds is 7. The Labute approximate surface area is 177 Å². The summed E-state index contributed by atoms with van der Waals surface area (Å²) in [6, 6.07) is 4.37. The first kappa shape index (κ1) is 22.6. The van der Waals surface area contributed by atoms with E-state index < -0.39 is 24.0 Å². The van der Waals surface area contributed by atoms with Crippen molar-refractivity contribution in [3.63, 3.8) is 0 Å². The van der Waals surface area contributed by atoms with E-state index >= 15 is 0 Å². The molecule has 1 saturated heterocycles. The second-order valence-corrected chi connectivity index (χ2v) is 7.08. The van der Waals surface area contributed by atoms with Gasteiger partial charge < -0.3 is 15.8 Å². The standard InChI is InChI=1S/C18H20Cl2N4O5/c19-11-3-1-4-12(20)10(11)9-16(27)23-17(21)24-18(28)29-8-2-5-14(25)13-6-7-15(26)22-13/h1,3-4,13H,2,5-9H2,(H,22,26)(H3,21,23,24,27,28)/t13-/m0/s1. The number of hydrogen-bond donors (Lipinski definition) is 3. The summed E-state index contributed by atoms with van der Waals surface area (Å²) in [5.74, 6) is -1.25. The lowest BCUT2D eigenvalue weighted by Gasteiger charge is -2.09. The van der Waals surface area contributed by atoms with Gasteiger partial charge in [0.05, 0.1) is 19.1 Å². The number of guanidine groups is 1. The van der Waals surface area contributed by atoms with Crippen LogP contribution < -0.4 is 16.4 Å². The summed E-state index contributed by atoms with van der Waals surface area (Å²) in [5.41, 5.74) is 5.93. The number of nitrogens with one attached hydrogen (secondary N) is 2. The monoisotopic (exact) mass is 442 g/mol. The van der Waals surface area contributed by atoms with Crippen molar-refractivity contribution in [2.24, 2.45) is 10.7 Å². The van der Waals surface area contributed by atoms with E-state index in [4.69, 9.17) is 33.7 Å². The van der Waals surface area contributed by atoms with Crippen LogP contribution in [0.5, 0.6) is 0 Å². The molecule has 0 aromatic heterocycles. The molecule has 3 amide bonds. The number of carbonyl (C=O) groups is 4. The molecule has 9 nitrogen and oxygen atoms in total. The van der Waals surface area contributed by atoms with Gasteiger partial charge in [-0.1, -0.05) is 29.3 Å². The molecule has 0 spiro atoms. The third-order valence-electron chi connectivity index (χ3n) is 4.06. The van der Waals surface area contributed by atoms with E-state index in [-0.39, 0.29) is 37.6 Å². The summed E-state index contributed by atoms with van der Waals surface area (Å²) >= 11 is 12.0. The highest BCUT2D eigenvalue weighted by Gasteiger charge is 2.26. The lowest BCUT2D eigenvalue weighted by Crippen LogP contribution is -2.38. The number of carbonyl (C=O) groups excluding carboxylic acids is 4. The Balaban J connectivity index is 1.70. The van der Waals surface area contributed by atoms with Crippen molar-refractivity contribution in [1.29, 1.82) is 0 Å². The third-order valence-corrected chi connectivity index (χ3v) is 4.76. The normalized spacial score (nSPS) is 16.3. The number of amides is 3. The molecule has 1 fully saturated rings. The first-order chi connectivity index (χ1) is 13.8. The van der Waals surface area contributed by atoms with Crippen molar-refractivity contribution in [3.05, 3.63) is 33.8 Å². The lowest BCUT2D eigenvalue weighted by atomic mass is 10.1. The Morgan fingerprint density at radius 3 is 2.59 bits per heavy atom. The van der Waals surface area contributed by atoms with Crippen LogP contribution >= 0.6 is 23.2 Å². The molecule has 1 heterocycles. The summed E-state index contributed by atoms with van der Waals surface area (Å²) < 4.78 is 4.85. The van der Waals surface area contributed by atoms with Crippen LogP contribution in [0.2, 0.25) is 10.0 Å². The van der Waals surface area contributed by atoms with Gasteiger partial charge in [-0.15, -0.1) is 4.99 Å². The van der Waals surface area contributed by atoms with Crippen LogP contribution in [0.25, 0.3) is 0 Å². The van der Waals surface area contributed by atoms with Crippen LogP contribution in [0, 0.1) is 0 Å². The Hall–Kier alpha value is -2.65. The fourth-order valence-corrected chi connectivity index (χ4v) is 3.17. The number of hydrogen-bond acceptors (Lipinski definition) is 5. The van der Waals surface area contributed by atoms with E-state index in [2.05, 4.69) is 15.6 Å². The highest BCUT2D eigenvalue weighted by Crippen LogP contribution is 2.24. The number of nitrogens with two attached hydrogens (primary N) is 1. The van der Waals surface area contributed by atoms with Crippen LogP contribution in [0.15, 0.2) is 23.2 Å². The van der Waals surface area contributed by atoms with Gasteiger partial charge in [0.1, 0.15) is 0 Å². The van der Waals surface area contributed by atoms with Gasteiger partial charge in [-0.05, 0) is 30.5 Å². The van der Waals surface area contributed by atoms with Crippen molar-refractivity contribution in [2.45, 2.75) is 38.1 Å². The van der Waals surface area contributed by atoms with Crippen molar-refractivity contribution in [3.8, 4) is 0 Å². The number of ether oxygens (including phenoxy) is 1. The summed E-state index contributed by atoms with van der Waals surface area (Å²) in [4.78, 5) is 50.0. The van der Waals surface area contributed by atoms with Gasteiger partial charge in [0, 0.05) is 22.9 Å². The average Bonchev–Trinajstić information content (AvgIpc) is 3.08. The molecule has 0 saturated carbocycles. The van der Waals surface area contributed by atoms with Crippen LogP contribution in [0.4, 0.5) is 4.79 Å². The maximum absolute atomic E-state index is 12.0. The van der Waals surface area contributed by atoms with E-state index in [9.17, 15) is 19.2 Å². The first-order valence-corrected chi connectivity index (χ1v) is 9.57. The molecule has 0 aliphatic carbocycles. The molecule has 1 aliphatic heterocycles. The summed E-state index contributed by atoms with van der Waals surface area (Å²) in [5, 5.41) is 5.48. The van der Waals surface area contributed by atoms with Gasteiger partial charge in [-0.25, -0.2) is 4.79 Å². The van der Waals surface area contributed by atoms with Crippen LogP contribution in [0.1, 0.15) is 31.2 Å². The van der Waals surface area contributed by atoms with Crippen molar-refractivity contribution < 1.29 is 23.9 Å². The number of ketones is 1. The average molecular weight is 443 g/mol. The van der Waals surface area contributed by atoms with Gasteiger partial charge in [0.25, 0.3) is 0 Å². The molecule has 4 N–H and O–H groups in total. The van der Waals surface area contributed by atoms with E-state index in [1.165, 1.54) is 0 Å². The number of nitrogens with zero attached hydrogens (tertiary/aromatic N) is 1. The Bertz CT molecular complexity index is 823. The number of Topliss-reactive ketones (excluding diaryl/α,β-unsaturated/α-hetero) is 1. The summed E-state index contributed by atoms with van der Waals surface area (Å²) in [6.07, 6.45) is 0.116. The smallest absolute Gasteiger partial charge is 0.436 e. The molecule has 0 radical (unpaired) electrons. The fraction of sp³-hybridized carbons (Fsp3) is 0.389. The molecule has 29 heavy (non-hydrogen) atoms. The van der Waals surface area contributed by atoms with E-state index in [0.717, 1.165) is 0 Å². The van der Waals surface area contributed by atoms with Crippen molar-refractivity contribution in [1.82, 2.24) is 10.6 Å². The van der Waals surface area contributed by atoms with Gasteiger partial charge in [-0.2, -0.15) is 0 Å². The molecule has 1 aliphatic rings. The summed E-state index contributed by atoms with van der Waals surface area (Å²) in [7, 11) is 0. The predicted molar refractivity (Wildman–Crippen MR) is 107 cm³/mol. The minimum absolute atomic E-state index is 0.0504. The van der Waals surface area contributed by atoms with E-state index in [1.807, 2.05) is 0 Å². The van der Waals surface area contributed by atoms with Crippen molar-refractivity contribution >= 4 is 52.9 Å². The van der Waals surface area contributed by atoms with Crippen LogP contribution in [-0.4, -0.2) is 42.3 Å². The highest BCUT2D eigenvalue weighted by molar-refractivity contribution is 6.36. The molecular weight excluding hydrogens is 423 g/mol. The minimum Gasteiger partial charge on any atom is -0.448 e. The van der Waals surface area contributed by atoms with Crippen molar-refractivity contribution in [2.75, 3.05) is 6.61 Å². The zero-order chi connectivity index (χ0) is 21.4. The van der Waals surface area contributed by atoms with E-state index in [0.29, 0.717) is 28.5 Å². The molecule has 0 bridgehead atoms. The third kappa shape index (κ3) is 7.35. The second-order valence-electron chi connectivity index (χ2n) is 6.27. The zero-order valence-corrected chi connectivity index (χ0v) is 16.9. The molecular formula is C18H20Cl2N4O5. The molecule has 1 aromatic carbocycles. The van der Waals surface area contributed by atoms with E-state index in [1.54, 1.807) is 18.2 Å². The SMILES string of the molecule is N/C(=N\C(=O)OCCCC(=O)[C@@H]1CCC(=O)N1)NC(=O)Cc1c(Cl)cccc1Cl. The second kappa shape index (κ2) is 10.8. The van der Waals surface area contributed by atoms with Gasteiger partial charge >= 0.3 is 6.09 Å². The number of halogens is 2. The maximum Gasteiger partial charge on any atom is 0.436 e. The Morgan fingerprint density at radius 1 is 1.28 bits per heavy atom. The number of benzene rings is 1. The molecule has 11 heteroatoms. The predicted octanol–water partition coefficient (Wildman–Crippen LogP) is 1.73. The zero-order valence-electron chi connectivity index (χ0n) is 15.4. The molecule has 2 rings (SSSR count). The molecule has 0 unspecified atom stereocenters. The fourth-order valence-electron chi connectivity index (χ4n) is 2.64. The lowest BCUT2D eigenvalue weighted by molar-refractivity contribution is -0.124. The Morgan fingerprint density at radius 2 is 1.97 bits per heavy atom. The highest BCUT2D eigenvalue weighted by atomic mass is 35.5. The van der Waals surface area contributed by atoms with Gasteiger partial charge in [0.2, 0.25) is 17.8 Å². The molecule has 1 aromatic rings. The molecule has 156 valence electrons. The minimum atomic E-state index is -1.000. The Kier molecular flexibility index (Phi) is 8.41. The number of aliphatic imine (C=N–C) groups is 1. The quantitative estimate of drug-likeness (QED) is 0.333. The maximum atomic E-state index is 12.0. The van der Waals surface area contributed by atoms with Gasteiger partial charge in [0.15, 0.2) is 5.78 Å². The topological polar surface area (TPSA) is 140 Å². The molecule has 1 atom stereocenters. The van der Waals surface area contributed by atoms with Gasteiger partial charge in [-0.3, -0.25) is 19.7 Å². The first-order valence-electron chi connectivity index (χ1n) is 8.82.